The van der Waals surface area contributed by atoms with Crippen molar-refractivity contribution in [2.75, 3.05) is 19.8 Å². The second-order valence-electron chi connectivity index (χ2n) is 2.76. The van der Waals surface area contributed by atoms with Crippen LogP contribution in [-0.2, 0) is 35.8 Å². The number of hydrogen-bond acceptors (Lipinski definition) is 6. The van der Waals surface area contributed by atoms with Gasteiger partial charge in [-0.1, -0.05) is 27.7 Å². The molecule has 19 heavy (non-hydrogen) atoms. The van der Waals surface area contributed by atoms with Crippen LogP contribution in [-0.4, -0.2) is 31.6 Å². The van der Waals surface area contributed by atoms with Gasteiger partial charge in [0.25, 0.3) is 0 Å². The summed E-state index contributed by atoms with van der Waals surface area (Å²) in [6.07, 6.45) is 0.317. The number of carboxylic acid groups (broad SMARTS) is 1. The van der Waals surface area contributed by atoms with Gasteiger partial charge in [0.05, 0.1) is 11.9 Å². The van der Waals surface area contributed by atoms with Gasteiger partial charge < -0.3 is 25.2 Å². The van der Waals surface area contributed by atoms with Crippen LogP contribution in [0.15, 0.2) is 0 Å². The fraction of sp³-hybridized carbons (Fsp3) is 0.833. The van der Waals surface area contributed by atoms with Crippen LogP contribution in [0.2, 0.25) is 0 Å². The molecule has 0 amide bonds. The summed E-state index contributed by atoms with van der Waals surface area (Å²) in [5.74, 6) is -2.52. The average molecular weight is 356 g/mol. The van der Waals surface area contributed by atoms with E-state index in [2.05, 4.69) is 0 Å². The molecule has 0 aromatic heterocycles. The fourth-order valence-electron chi connectivity index (χ4n) is 0.620. The van der Waals surface area contributed by atoms with Crippen molar-refractivity contribution in [3.8, 4) is 0 Å². The van der Waals surface area contributed by atoms with Crippen molar-refractivity contribution >= 4 is 11.8 Å². The van der Waals surface area contributed by atoms with Crippen LogP contribution in [0.25, 0.3) is 0 Å². The summed E-state index contributed by atoms with van der Waals surface area (Å²) >= 11 is 0. The Bertz CT molecular complexity index is 157. The van der Waals surface area contributed by atoms with E-state index in [1.807, 2.05) is 0 Å². The number of ketones is 1. The van der Waals surface area contributed by atoms with Crippen molar-refractivity contribution in [1.82, 2.24) is 0 Å². The summed E-state index contributed by atoms with van der Waals surface area (Å²) in [7, 11) is 0. The Morgan fingerprint density at radius 3 is 1.11 bits per heavy atom. The molecular formula is C12H24O6Zr. The molecule has 7 heteroatoms. The van der Waals surface area contributed by atoms with Gasteiger partial charge in [0, 0.05) is 0 Å². The van der Waals surface area contributed by atoms with Gasteiger partial charge in [0.15, 0.2) is 0 Å². The molecule has 0 aromatic rings. The van der Waals surface area contributed by atoms with E-state index in [4.69, 9.17) is 15.3 Å². The maximum absolute atomic E-state index is 10.4. The molecule has 112 valence electrons. The minimum Gasteiger partial charge on any atom is -0.855 e. The first kappa shape index (κ1) is 31.3. The van der Waals surface area contributed by atoms with Gasteiger partial charge in [0.1, 0.15) is 5.78 Å². The van der Waals surface area contributed by atoms with Crippen LogP contribution in [0.1, 0.15) is 41.0 Å². The summed E-state index contributed by atoms with van der Waals surface area (Å²) in [6.45, 7) is 7.60. The number of carboxylic acids is 1. The van der Waals surface area contributed by atoms with Crippen molar-refractivity contribution in [2.24, 2.45) is 5.92 Å². The standard InChI is InChI=1S/C6H10O3.3C2H5O.Zr/c1-3-5(4(2)7)6(8)9;3*1-2-3;/h5H,3H2,1-2H3,(H,8,9);3*2H2,1H3;/q;3*-1;+4/p-1. The van der Waals surface area contributed by atoms with E-state index in [9.17, 15) is 14.7 Å². The van der Waals surface area contributed by atoms with Crippen LogP contribution < -0.4 is 20.4 Å². The van der Waals surface area contributed by atoms with E-state index in [1.54, 1.807) is 27.7 Å². The van der Waals surface area contributed by atoms with Gasteiger partial charge in [-0.2, -0.15) is 0 Å². The third-order valence-corrected chi connectivity index (χ3v) is 1.18. The number of aliphatic carboxylic acids is 1. The summed E-state index contributed by atoms with van der Waals surface area (Å²) in [4.78, 5) is 20.4. The summed E-state index contributed by atoms with van der Waals surface area (Å²) in [5, 5.41) is 36.8. The molecule has 0 rings (SSSR count). The molecule has 0 N–H and O–H groups in total. The van der Waals surface area contributed by atoms with E-state index in [0.29, 0.717) is 6.42 Å². The maximum Gasteiger partial charge on any atom is 4.00 e. The number of carbonyl (C=O) groups is 2. The van der Waals surface area contributed by atoms with E-state index in [1.165, 1.54) is 6.92 Å². The van der Waals surface area contributed by atoms with E-state index >= 15 is 0 Å². The summed E-state index contributed by atoms with van der Waals surface area (Å²) in [5.41, 5.74) is 0. The second kappa shape index (κ2) is 30.7. The zero-order valence-electron chi connectivity index (χ0n) is 12.4. The van der Waals surface area contributed by atoms with Gasteiger partial charge in [-0.25, -0.2) is 0 Å². The monoisotopic (exact) mass is 354 g/mol. The van der Waals surface area contributed by atoms with Crippen LogP contribution in [0.4, 0.5) is 0 Å². The summed E-state index contributed by atoms with van der Waals surface area (Å²) in [6, 6.07) is 0. The minimum absolute atomic E-state index is 0. The Labute approximate surface area is 135 Å². The third kappa shape index (κ3) is 46.2. The molecule has 1 atom stereocenters. The van der Waals surface area contributed by atoms with Gasteiger partial charge in [-0.05, 0) is 13.3 Å². The zero-order valence-corrected chi connectivity index (χ0v) is 14.8. The molecular weight excluding hydrogens is 331 g/mol. The van der Waals surface area contributed by atoms with Crippen LogP contribution in [0.3, 0.4) is 0 Å². The quantitative estimate of drug-likeness (QED) is 0.513. The topological polar surface area (TPSA) is 126 Å². The third-order valence-electron chi connectivity index (χ3n) is 1.18. The molecule has 0 aromatic carbocycles. The Kier molecular flexibility index (Phi) is 50.7. The number of Topliss-reactive ketones (excluding diaryl/α,β-unsaturated/α-hetero) is 1. The molecule has 0 aliphatic carbocycles. The molecule has 0 aliphatic heterocycles. The Hall–Kier alpha value is -0.0969. The predicted molar refractivity (Wildman–Crippen MR) is 61.1 cm³/mol. The number of hydrogen-bond donors (Lipinski definition) is 0. The number of carbonyl (C=O) groups excluding carboxylic acids is 2. The minimum atomic E-state index is -1.27. The van der Waals surface area contributed by atoms with E-state index in [-0.39, 0.29) is 51.8 Å². The summed E-state index contributed by atoms with van der Waals surface area (Å²) < 4.78 is 0. The van der Waals surface area contributed by atoms with Crippen LogP contribution in [0.5, 0.6) is 0 Å². The molecule has 1 unspecified atom stereocenters. The van der Waals surface area contributed by atoms with Crippen LogP contribution in [0, 0.1) is 5.92 Å². The van der Waals surface area contributed by atoms with Gasteiger partial charge in [0.2, 0.25) is 0 Å². The smallest absolute Gasteiger partial charge is 0.855 e. The SMILES string of the molecule is CCC(C(C)=O)C(=O)[O-].CC[O-].CC[O-].CC[O-].[Zr+4]. The molecule has 0 fully saturated rings. The average Bonchev–Trinajstić information content (AvgIpc) is 2.20. The fourth-order valence-corrected chi connectivity index (χ4v) is 0.620. The molecule has 6 nitrogen and oxygen atoms in total. The Morgan fingerprint density at radius 2 is 1.11 bits per heavy atom. The normalized spacial score (nSPS) is 8.84. The van der Waals surface area contributed by atoms with E-state index in [0.717, 1.165) is 0 Å². The molecule has 0 heterocycles. The van der Waals surface area contributed by atoms with Crippen molar-refractivity contribution in [3.05, 3.63) is 0 Å². The van der Waals surface area contributed by atoms with Crippen molar-refractivity contribution in [2.45, 2.75) is 41.0 Å². The molecule has 0 bridgehead atoms. The first-order valence-corrected chi connectivity index (χ1v) is 5.79. The zero-order chi connectivity index (χ0) is 15.6. The van der Waals surface area contributed by atoms with Crippen molar-refractivity contribution in [3.63, 3.8) is 0 Å². The van der Waals surface area contributed by atoms with Gasteiger partial charge in [-0.3, -0.25) is 4.79 Å². The molecule has 0 aliphatic rings. The van der Waals surface area contributed by atoms with Gasteiger partial charge >= 0.3 is 26.2 Å². The van der Waals surface area contributed by atoms with E-state index < -0.39 is 11.9 Å². The number of rotatable bonds is 3. The first-order valence-electron chi connectivity index (χ1n) is 5.79. The first-order chi connectivity index (χ1) is 8.33. The van der Waals surface area contributed by atoms with Crippen LogP contribution >= 0.6 is 0 Å². The molecule has 0 saturated carbocycles. The maximum atomic E-state index is 10.4. The molecule has 0 radical (unpaired) electrons. The largest absolute Gasteiger partial charge is 4.00 e. The second-order valence-corrected chi connectivity index (χ2v) is 2.76. The van der Waals surface area contributed by atoms with Crippen molar-refractivity contribution in [1.29, 1.82) is 0 Å². The predicted octanol–water partition coefficient (Wildman–Crippen LogP) is -2.55. The molecule has 0 saturated heterocycles. The molecule has 0 spiro atoms. The Balaban J connectivity index is -0.0000000548. The van der Waals surface area contributed by atoms with Gasteiger partial charge in [-0.15, -0.1) is 19.8 Å². The Morgan fingerprint density at radius 1 is 0.895 bits per heavy atom. The van der Waals surface area contributed by atoms with Crippen molar-refractivity contribution < 1.29 is 56.2 Å².